The van der Waals surface area contributed by atoms with Crippen LogP contribution in [0.3, 0.4) is 0 Å². The van der Waals surface area contributed by atoms with Gasteiger partial charge in [-0.2, -0.15) is 5.26 Å². The van der Waals surface area contributed by atoms with Crippen LogP contribution in [0.15, 0.2) is 58.5 Å². The molecule has 3 rings (SSSR count). The lowest BCUT2D eigenvalue weighted by atomic mass is 10.2. The van der Waals surface area contributed by atoms with Gasteiger partial charge in [0.05, 0.1) is 40.6 Å². The Morgan fingerprint density at radius 1 is 1.29 bits per heavy atom. The van der Waals surface area contributed by atoms with E-state index < -0.39 is 5.25 Å². The van der Waals surface area contributed by atoms with Crippen molar-refractivity contribution in [2.75, 3.05) is 11.9 Å². The topological polar surface area (TPSA) is 108 Å². The van der Waals surface area contributed by atoms with Crippen molar-refractivity contribution in [1.82, 2.24) is 9.55 Å². The molecule has 0 bridgehead atoms. The normalized spacial score (nSPS) is 11.8. The molecule has 28 heavy (non-hydrogen) atoms. The number of nitriles is 1. The van der Waals surface area contributed by atoms with Crippen LogP contribution in [0.1, 0.15) is 12.5 Å². The van der Waals surface area contributed by atoms with E-state index in [0.29, 0.717) is 27.3 Å². The first kappa shape index (κ1) is 19.6. The lowest BCUT2D eigenvalue weighted by Crippen LogP contribution is -2.28. The molecule has 1 aromatic heterocycles. The van der Waals surface area contributed by atoms with Crippen molar-refractivity contribution >= 4 is 34.3 Å². The Labute approximate surface area is 165 Å². The Bertz CT molecular complexity index is 1120. The van der Waals surface area contributed by atoms with Gasteiger partial charge in [-0.1, -0.05) is 36.0 Å². The van der Waals surface area contributed by atoms with Crippen LogP contribution in [-0.4, -0.2) is 32.4 Å². The summed E-state index contributed by atoms with van der Waals surface area (Å²) in [6.45, 7) is 1.56. The van der Waals surface area contributed by atoms with Crippen molar-refractivity contribution in [3.63, 3.8) is 0 Å². The minimum atomic E-state index is -0.579. The molecule has 7 nitrogen and oxygen atoms in total. The summed E-state index contributed by atoms with van der Waals surface area (Å²) in [5, 5.41) is 21.5. The second kappa shape index (κ2) is 8.69. The number of thioether (sulfide) groups is 1. The molecule has 2 N–H and O–H groups in total. The minimum absolute atomic E-state index is 0.0879. The number of aliphatic hydroxyl groups is 1. The Hall–Kier alpha value is -3.15. The molecule has 1 atom stereocenters. The zero-order chi connectivity index (χ0) is 20.1. The molecule has 0 aliphatic carbocycles. The summed E-state index contributed by atoms with van der Waals surface area (Å²) in [5.74, 6) is -0.314. The Morgan fingerprint density at radius 2 is 2.00 bits per heavy atom. The van der Waals surface area contributed by atoms with Crippen LogP contribution in [0.5, 0.6) is 0 Å². The van der Waals surface area contributed by atoms with Gasteiger partial charge < -0.3 is 10.4 Å². The molecule has 3 aromatic rings. The van der Waals surface area contributed by atoms with Crippen molar-refractivity contribution in [2.24, 2.45) is 0 Å². The lowest BCUT2D eigenvalue weighted by molar-refractivity contribution is -0.115. The van der Waals surface area contributed by atoms with E-state index in [9.17, 15) is 14.7 Å². The van der Waals surface area contributed by atoms with Crippen LogP contribution < -0.4 is 10.9 Å². The number of aromatic nitrogens is 2. The molecule has 1 amide bonds. The third kappa shape index (κ3) is 4.06. The maximum atomic E-state index is 12.7. The second-order valence-electron chi connectivity index (χ2n) is 6.00. The highest BCUT2D eigenvalue weighted by Gasteiger charge is 2.20. The predicted octanol–water partition coefficient (Wildman–Crippen LogP) is 2.38. The molecule has 0 aliphatic heterocycles. The standard InChI is InChI=1S/C20H18N4O3S/c1-13(18(26)22-16-8-4-2-6-14(16)12-21)28-20-23-17-9-5-3-7-15(17)19(27)24(20)10-11-25/h2-9,13,25H,10-11H2,1H3,(H,22,26)/t13-/m1/s1. The Balaban J connectivity index is 1.89. The van der Waals surface area contributed by atoms with E-state index >= 15 is 0 Å². The summed E-state index contributed by atoms with van der Waals surface area (Å²) < 4.78 is 1.38. The first-order chi connectivity index (χ1) is 13.5. The van der Waals surface area contributed by atoms with Gasteiger partial charge in [-0.15, -0.1) is 0 Å². The van der Waals surface area contributed by atoms with Crippen molar-refractivity contribution in [3.05, 3.63) is 64.4 Å². The molecular weight excluding hydrogens is 376 g/mol. The number of para-hydroxylation sites is 2. The number of fused-ring (bicyclic) bond motifs is 1. The molecule has 0 radical (unpaired) electrons. The van der Waals surface area contributed by atoms with Gasteiger partial charge in [0.25, 0.3) is 5.56 Å². The van der Waals surface area contributed by atoms with Gasteiger partial charge in [0.2, 0.25) is 5.91 Å². The average Bonchev–Trinajstić information content (AvgIpc) is 2.71. The first-order valence-electron chi connectivity index (χ1n) is 8.62. The average molecular weight is 394 g/mol. The van der Waals surface area contributed by atoms with Gasteiger partial charge >= 0.3 is 0 Å². The zero-order valence-corrected chi connectivity index (χ0v) is 15.9. The van der Waals surface area contributed by atoms with Gasteiger partial charge in [0, 0.05) is 0 Å². The number of hydrogen-bond acceptors (Lipinski definition) is 6. The number of rotatable bonds is 6. The molecule has 0 spiro atoms. The number of carbonyl (C=O) groups is 1. The van der Waals surface area contributed by atoms with Gasteiger partial charge in [-0.3, -0.25) is 14.2 Å². The molecular formula is C20H18N4O3S. The molecule has 142 valence electrons. The van der Waals surface area contributed by atoms with Crippen LogP contribution in [0, 0.1) is 11.3 Å². The number of benzene rings is 2. The van der Waals surface area contributed by atoms with E-state index in [4.69, 9.17) is 5.26 Å². The zero-order valence-electron chi connectivity index (χ0n) is 15.1. The largest absolute Gasteiger partial charge is 0.395 e. The minimum Gasteiger partial charge on any atom is -0.395 e. The summed E-state index contributed by atoms with van der Waals surface area (Å²) in [6.07, 6.45) is 0. The van der Waals surface area contributed by atoms with E-state index in [0.717, 1.165) is 11.8 Å². The van der Waals surface area contributed by atoms with Gasteiger partial charge in [0.1, 0.15) is 6.07 Å². The molecule has 0 saturated heterocycles. The number of amides is 1. The summed E-state index contributed by atoms with van der Waals surface area (Å²) >= 11 is 1.13. The number of aliphatic hydroxyl groups excluding tert-OH is 1. The SMILES string of the molecule is C[C@@H](Sc1nc2ccccc2c(=O)n1CCO)C(=O)Nc1ccccc1C#N. The summed E-state index contributed by atoms with van der Waals surface area (Å²) in [5.41, 5.74) is 1.08. The fourth-order valence-corrected chi connectivity index (χ4v) is 3.61. The summed E-state index contributed by atoms with van der Waals surface area (Å²) in [7, 11) is 0. The molecule has 8 heteroatoms. The Morgan fingerprint density at radius 3 is 2.75 bits per heavy atom. The molecule has 0 unspecified atom stereocenters. The number of nitrogens with zero attached hydrogens (tertiary/aromatic N) is 3. The highest BCUT2D eigenvalue weighted by molar-refractivity contribution is 8.00. The van der Waals surface area contributed by atoms with Crippen LogP contribution in [0.2, 0.25) is 0 Å². The monoisotopic (exact) mass is 394 g/mol. The third-order valence-electron chi connectivity index (χ3n) is 4.11. The van der Waals surface area contributed by atoms with Crippen molar-refractivity contribution < 1.29 is 9.90 Å². The number of anilines is 1. The highest BCUT2D eigenvalue weighted by atomic mass is 32.2. The number of nitrogens with one attached hydrogen (secondary N) is 1. The van der Waals surface area contributed by atoms with Crippen LogP contribution in [0.4, 0.5) is 5.69 Å². The van der Waals surface area contributed by atoms with Crippen LogP contribution in [-0.2, 0) is 11.3 Å². The van der Waals surface area contributed by atoms with Crippen molar-refractivity contribution in [3.8, 4) is 6.07 Å². The van der Waals surface area contributed by atoms with E-state index in [-0.39, 0.29) is 24.6 Å². The van der Waals surface area contributed by atoms with Crippen molar-refractivity contribution in [1.29, 1.82) is 5.26 Å². The lowest BCUT2D eigenvalue weighted by Gasteiger charge is -2.16. The van der Waals surface area contributed by atoms with Gasteiger partial charge in [0.15, 0.2) is 5.16 Å². The summed E-state index contributed by atoms with van der Waals surface area (Å²) in [4.78, 5) is 29.8. The van der Waals surface area contributed by atoms with Crippen LogP contribution in [0.25, 0.3) is 10.9 Å². The number of hydrogen-bond donors (Lipinski definition) is 2. The fraction of sp³-hybridized carbons (Fsp3) is 0.200. The maximum Gasteiger partial charge on any atom is 0.262 e. The van der Waals surface area contributed by atoms with E-state index in [1.54, 1.807) is 55.5 Å². The second-order valence-corrected chi connectivity index (χ2v) is 7.31. The summed E-state index contributed by atoms with van der Waals surface area (Å²) in [6, 6.07) is 15.7. The quantitative estimate of drug-likeness (QED) is 0.491. The first-order valence-corrected chi connectivity index (χ1v) is 9.50. The van der Waals surface area contributed by atoms with Crippen molar-refractivity contribution in [2.45, 2.75) is 23.9 Å². The van der Waals surface area contributed by atoms with Gasteiger partial charge in [-0.05, 0) is 31.2 Å². The number of carbonyl (C=O) groups excluding carboxylic acids is 1. The fourth-order valence-electron chi connectivity index (χ4n) is 2.67. The van der Waals surface area contributed by atoms with E-state index in [2.05, 4.69) is 10.3 Å². The molecule has 1 heterocycles. The molecule has 0 fully saturated rings. The van der Waals surface area contributed by atoms with Crippen LogP contribution >= 0.6 is 11.8 Å². The van der Waals surface area contributed by atoms with E-state index in [1.807, 2.05) is 6.07 Å². The highest BCUT2D eigenvalue weighted by Crippen LogP contribution is 2.24. The smallest absolute Gasteiger partial charge is 0.262 e. The van der Waals surface area contributed by atoms with E-state index in [1.165, 1.54) is 4.57 Å². The molecule has 0 saturated carbocycles. The molecule has 0 aliphatic rings. The van der Waals surface area contributed by atoms with Gasteiger partial charge in [-0.25, -0.2) is 4.98 Å². The molecule has 2 aromatic carbocycles. The predicted molar refractivity (Wildman–Crippen MR) is 108 cm³/mol. The Kier molecular flexibility index (Phi) is 6.09. The maximum absolute atomic E-state index is 12.7. The third-order valence-corrected chi connectivity index (χ3v) is 5.20.